The Labute approximate surface area is 118 Å². The van der Waals surface area contributed by atoms with Crippen molar-refractivity contribution in [3.8, 4) is 22.4 Å². The van der Waals surface area contributed by atoms with Crippen LogP contribution in [0.3, 0.4) is 0 Å². The number of nitrogens with zero attached hydrogens (tertiary/aromatic N) is 2. The Balaban J connectivity index is 2.00. The molecule has 98 valence electrons. The van der Waals surface area contributed by atoms with Gasteiger partial charge in [0, 0.05) is 5.56 Å². The maximum absolute atomic E-state index is 6.04. The van der Waals surface area contributed by atoms with Crippen molar-refractivity contribution in [1.82, 2.24) is 9.97 Å². The summed E-state index contributed by atoms with van der Waals surface area (Å²) in [6.45, 7) is 1.89. The molecule has 0 amide bonds. The topological polar surface area (TPSA) is 51.8 Å². The van der Waals surface area contributed by atoms with E-state index in [1.54, 1.807) is 6.33 Å². The number of aromatic nitrogens is 2. The van der Waals surface area contributed by atoms with Crippen LogP contribution in [0.4, 0.5) is 5.69 Å². The lowest BCUT2D eigenvalue weighted by Crippen LogP contribution is -1.98. The summed E-state index contributed by atoms with van der Waals surface area (Å²) >= 11 is 0. The highest BCUT2D eigenvalue weighted by Gasteiger charge is 2.07. The molecule has 0 spiro atoms. The third kappa shape index (κ3) is 2.26. The predicted molar refractivity (Wildman–Crippen MR) is 82.1 cm³/mol. The summed E-state index contributed by atoms with van der Waals surface area (Å²) in [5.74, 6) is 0. The number of benzene rings is 2. The number of hydrogen-bond acceptors (Lipinski definition) is 3. The van der Waals surface area contributed by atoms with E-state index in [0.29, 0.717) is 5.69 Å². The maximum Gasteiger partial charge on any atom is 0.116 e. The highest BCUT2D eigenvalue weighted by atomic mass is 14.9. The number of nitrogen functional groups attached to an aromatic ring is 1. The van der Waals surface area contributed by atoms with E-state index < -0.39 is 0 Å². The van der Waals surface area contributed by atoms with Crippen LogP contribution >= 0.6 is 0 Å². The van der Waals surface area contributed by atoms with Crippen LogP contribution in [0.15, 0.2) is 60.9 Å². The van der Waals surface area contributed by atoms with Crippen LogP contribution in [-0.4, -0.2) is 9.97 Å². The van der Waals surface area contributed by atoms with Crippen LogP contribution in [0.5, 0.6) is 0 Å². The molecule has 0 aliphatic rings. The second kappa shape index (κ2) is 5.13. The SMILES string of the molecule is Cc1ncnc(-c2ccc(-c3ccccc3)cc2)c1N. The van der Waals surface area contributed by atoms with Gasteiger partial charge in [0.15, 0.2) is 0 Å². The monoisotopic (exact) mass is 261 g/mol. The third-order valence-electron chi connectivity index (χ3n) is 3.35. The van der Waals surface area contributed by atoms with E-state index in [9.17, 15) is 0 Å². The number of hydrogen-bond donors (Lipinski definition) is 1. The van der Waals surface area contributed by atoms with E-state index in [0.717, 1.165) is 17.0 Å². The summed E-state index contributed by atoms with van der Waals surface area (Å²) in [4.78, 5) is 8.37. The zero-order valence-electron chi connectivity index (χ0n) is 11.2. The summed E-state index contributed by atoms with van der Waals surface area (Å²) in [7, 11) is 0. The molecule has 0 saturated heterocycles. The van der Waals surface area contributed by atoms with Gasteiger partial charge in [-0.2, -0.15) is 0 Å². The van der Waals surface area contributed by atoms with E-state index in [1.165, 1.54) is 11.1 Å². The summed E-state index contributed by atoms with van der Waals surface area (Å²) in [6.07, 6.45) is 1.55. The molecule has 0 atom stereocenters. The molecule has 0 radical (unpaired) electrons. The van der Waals surface area contributed by atoms with Crippen LogP contribution in [0, 0.1) is 6.92 Å². The Bertz CT molecular complexity index is 719. The molecule has 0 saturated carbocycles. The molecule has 0 bridgehead atoms. The van der Waals surface area contributed by atoms with Crippen molar-refractivity contribution in [2.45, 2.75) is 6.92 Å². The van der Waals surface area contributed by atoms with Gasteiger partial charge < -0.3 is 5.73 Å². The number of anilines is 1. The van der Waals surface area contributed by atoms with Crippen molar-refractivity contribution in [2.75, 3.05) is 5.73 Å². The van der Waals surface area contributed by atoms with Crippen LogP contribution in [0.25, 0.3) is 22.4 Å². The molecule has 3 heteroatoms. The van der Waals surface area contributed by atoms with Gasteiger partial charge in [-0.25, -0.2) is 9.97 Å². The minimum absolute atomic E-state index is 0.639. The van der Waals surface area contributed by atoms with Gasteiger partial charge in [-0.1, -0.05) is 54.6 Å². The molecule has 3 aromatic rings. The number of nitrogens with two attached hydrogens (primary N) is 1. The fraction of sp³-hybridized carbons (Fsp3) is 0.0588. The second-order valence-electron chi connectivity index (χ2n) is 4.66. The molecule has 0 aliphatic carbocycles. The van der Waals surface area contributed by atoms with Crippen molar-refractivity contribution in [3.05, 3.63) is 66.6 Å². The lowest BCUT2D eigenvalue weighted by molar-refractivity contribution is 1.11. The fourth-order valence-electron chi connectivity index (χ4n) is 2.16. The molecule has 2 N–H and O–H groups in total. The predicted octanol–water partition coefficient (Wildman–Crippen LogP) is 3.70. The molecule has 0 fully saturated rings. The summed E-state index contributed by atoms with van der Waals surface area (Å²) < 4.78 is 0. The second-order valence-corrected chi connectivity index (χ2v) is 4.66. The molecule has 1 heterocycles. The fourth-order valence-corrected chi connectivity index (χ4v) is 2.16. The Morgan fingerprint density at radius 2 is 1.35 bits per heavy atom. The molecule has 2 aromatic carbocycles. The Hall–Kier alpha value is -2.68. The standard InChI is InChI=1S/C17H15N3/c1-12-16(18)17(20-11-19-12)15-9-7-14(8-10-15)13-5-3-2-4-6-13/h2-11H,18H2,1H3. The Morgan fingerprint density at radius 3 is 2.05 bits per heavy atom. The normalized spacial score (nSPS) is 10.4. The lowest BCUT2D eigenvalue weighted by Gasteiger charge is -2.07. The van der Waals surface area contributed by atoms with E-state index in [-0.39, 0.29) is 0 Å². The van der Waals surface area contributed by atoms with Gasteiger partial charge >= 0.3 is 0 Å². The van der Waals surface area contributed by atoms with Gasteiger partial charge in [0.25, 0.3) is 0 Å². The summed E-state index contributed by atoms with van der Waals surface area (Å²) in [6, 6.07) is 18.5. The molecule has 3 nitrogen and oxygen atoms in total. The maximum atomic E-state index is 6.04. The average Bonchev–Trinajstić information content (AvgIpc) is 2.51. The molecular weight excluding hydrogens is 246 g/mol. The molecular formula is C17H15N3. The number of rotatable bonds is 2. The van der Waals surface area contributed by atoms with Crippen LogP contribution in [0.1, 0.15) is 5.69 Å². The smallest absolute Gasteiger partial charge is 0.116 e. The van der Waals surface area contributed by atoms with E-state index in [4.69, 9.17) is 5.73 Å². The van der Waals surface area contributed by atoms with E-state index >= 15 is 0 Å². The molecule has 3 rings (SSSR count). The van der Waals surface area contributed by atoms with Crippen molar-refractivity contribution in [3.63, 3.8) is 0 Å². The molecule has 20 heavy (non-hydrogen) atoms. The van der Waals surface area contributed by atoms with Gasteiger partial charge in [-0.3, -0.25) is 0 Å². The highest BCUT2D eigenvalue weighted by molar-refractivity contribution is 5.76. The van der Waals surface area contributed by atoms with Crippen molar-refractivity contribution >= 4 is 5.69 Å². The molecule has 0 unspecified atom stereocenters. The summed E-state index contributed by atoms with van der Waals surface area (Å²) in [5.41, 5.74) is 11.7. The largest absolute Gasteiger partial charge is 0.395 e. The average molecular weight is 261 g/mol. The first-order valence-electron chi connectivity index (χ1n) is 6.48. The first-order chi connectivity index (χ1) is 9.75. The zero-order valence-corrected chi connectivity index (χ0v) is 11.2. The summed E-state index contributed by atoms with van der Waals surface area (Å²) in [5, 5.41) is 0. The number of aryl methyl sites for hydroxylation is 1. The third-order valence-corrected chi connectivity index (χ3v) is 3.35. The first-order valence-corrected chi connectivity index (χ1v) is 6.48. The van der Waals surface area contributed by atoms with Gasteiger partial charge in [-0.05, 0) is 18.1 Å². The van der Waals surface area contributed by atoms with Gasteiger partial charge in [0.2, 0.25) is 0 Å². The Kier molecular flexibility index (Phi) is 3.17. The van der Waals surface area contributed by atoms with Crippen LogP contribution in [0.2, 0.25) is 0 Å². The highest BCUT2D eigenvalue weighted by Crippen LogP contribution is 2.27. The van der Waals surface area contributed by atoms with Gasteiger partial charge in [0.1, 0.15) is 6.33 Å². The van der Waals surface area contributed by atoms with Crippen molar-refractivity contribution in [1.29, 1.82) is 0 Å². The minimum Gasteiger partial charge on any atom is -0.395 e. The van der Waals surface area contributed by atoms with E-state index in [1.807, 2.05) is 37.3 Å². The van der Waals surface area contributed by atoms with Crippen molar-refractivity contribution < 1.29 is 0 Å². The van der Waals surface area contributed by atoms with Crippen LogP contribution in [-0.2, 0) is 0 Å². The Morgan fingerprint density at radius 1 is 0.750 bits per heavy atom. The zero-order chi connectivity index (χ0) is 13.9. The van der Waals surface area contributed by atoms with E-state index in [2.05, 4.69) is 34.2 Å². The quantitative estimate of drug-likeness (QED) is 0.765. The first kappa shape index (κ1) is 12.4. The lowest BCUT2D eigenvalue weighted by atomic mass is 10.0. The molecule has 1 aromatic heterocycles. The molecule has 0 aliphatic heterocycles. The van der Waals surface area contributed by atoms with Crippen molar-refractivity contribution in [2.24, 2.45) is 0 Å². The van der Waals surface area contributed by atoms with Gasteiger partial charge in [0.05, 0.1) is 17.1 Å². The minimum atomic E-state index is 0.639. The van der Waals surface area contributed by atoms with Crippen LogP contribution < -0.4 is 5.73 Å². The van der Waals surface area contributed by atoms with Gasteiger partial charge in [-0.15, -0.1) is 0 Å².